The van der Waals surface area contributed by atoms with Gasteiger partial charge in [0, 0.05) is 6.42 Å². The van der Waals surface area contributed by atoms with Gasteiger partial charge >= 0.3 is 5.97 Å². The third kappa shape index (κ3) is 6.81. The number of carboxylic acids is 1. The molecule has 0 bridgehead atoms. The van der Waals surface area contributed by atoms with Gasteiger partial charge in [0.1, 0.15) is 4.88 Å². The number of nitrogens with zero attached hydrogens (tertiary/aromatic N) is 1. The number of thiophene rings is 1. The van der Waals surface area contributed by atoms with Crippen LogP contribution in [0.15, 0.2) is 54.6 Å². The molecule has 0 radical (unpaired) electrons. The fourth-order valence-electron chi connectivity index (χ4n) is 3.77. The first kappa shape index (κ1) is 23.8. The van der Waals surface area contributed by atoms with Crippen LogP contribution in [0.3, 0.4) is 0 Å². The van der Waals surface area contributed by atoms with Crippen LogP contribution in [0.25, 0.3) is 0 Å². The molecule has 1 aromatic carbocycles. The largest absolute Gasteiger partial charge is 0.477 e. The van der Waals surface area contributed by atoms with Gasteiger partial charge in [0.25, 0.3) is 0 Å². The normalized spacial score (nSPS) is 17.9. The van der Waals surface area contributed by atoms with E-state index in [9.17, 15) is 14.7 Å². The molecule has 1 amide bonds. The highest BCUT2D eigenvalue weighted by atomic mass is 32.1. The van der Waals surface area contributed by atoms with Gasteiger partial charge in [-0.1, -0.05) is 61.2 Å². The van der Waals surface area contributed by atoms with Crippen LogP contribution in [-0.2, 0) is 11.2 Å². The molecule has 2 heterocycles. The SMILES string of the molecule is CC(CCCc1ccccc1)[C@@H](O)/C=C/[C@H]1CCC(=O)N1CC#Cc1ccc(C(=O)O)s1. The fraction of sp³-hybridized carbons (Fsp3) is 0.385. The molecule has 1 unspecified atom stereocenters. The summed E-state index contributed by atoms with van der Waals surface area (Å²) in [6.07, 6.45) is 7.34. The van der Waals surface area contributed by atoms with Crippen LogP contribution >= 0.6 is 11.3 Å². The molecule has 0 saturated carbocycles. The van der Waals surface area contributed by atoms with E-state index in [2.05, 4.69) is 30.9 Å². The molecule has 0 aliphatic carbocycles. The monoisotopic (exact) mass is 451 g/mol. The molecule has 168 valence electrons. The number of hydrogen-bond acceptors (Lipinski definition) is 4. The van der Waals surface area contributed by atoms with Crippen LogP contribution in [0.2, 0.25) is 0 Å². The van der Waals surface area contributed by atoms with Crippen LogP contribution in [0.4, 0.5) is 0 Å². The molecule has 1 aliphatic rings. The zero-order valence-electron chi connectivity index (χ0n) is 18.2. The highest BCUT2D eigenvalue weighted by molar-refractivity contribution is 7.14. The van der Waals surface area contributed by atoms with Crippen molar-refractivity contribution in [1.29, 1.82) is 0 Å². The topological polar surface area (TPSA) is 77.8 Å². The van der Waals surface area contributed by atoms with Crippen LogP contribution in [0.1, 0.15) is 52.7 Å². The van der Waals surface area contributed by atoms with E-state index < -0.39 is 12.1 Å². The second kappa shape index (κ2) is 11.7. The third-order valence-corrected chi connectivity index (χ3v) is 6.72. The first-order valence-electron chi connectivity index (χ1n) is 11.0. The van der Waals surface area contributed by atoms with Gasteiger partial charge in [-0.15, -0.1) is 11.3 Å². The average Bonchev–Trinajstić information content (AvgIpc) is 3.40. The molecule has 6 heteroatoms. The first-order valence-corrected chi connectivity index (χ1v) is 11.8. The average molecular weight is 452 g/mol. The number of aliphatic hydroxyl groups excluding tert-OH is 1. The first-order chi connectivity index (χ1) is 15.4. The van der Waals surface area contributed by atoms with E-state index in [0.717, 1.165) is 30.6 Å². The molecule has 2 aromatic rings. The van der Waals surface area contributed by atoms with E-state index in [4.69, 9.17) is 5.11 Å². The molecule has 0 spiro atoms. The van der Waals surface area contributed by atoms with Crippen LogP contribution < -0.4 is 0 Å². The van der Waals surface area contributed by atoms with Gasteiger partial charge in [-0.3, -0.25) is 4.79 Å². The summed E-state index contributed by atoms with van der Waals surface area (Å²) in [4.78, 5) is 25.9. The molecule has 5 nitrogen and oxygen atoms in total. The van der Waals surface area contributed by atoms with Crippen molar-refractivity contribution in [3.8, 4) is 11.8 Å². The van der Waals surface area contributed by atoms with E-state index in [1.165, 1.54) is 11.6 Å². The quantitative estimate of drug-likeness (QED) is 0.439. The summed E-state index contributed by atoms with van der Waals surface area (Å²) in [5, 5.41) is 19.5. The zero-order valence-corrected chi connectivity index (χ0v) is 19.1. The van der Waals surface area contributed by atoms with Crippen molar-refractivity contribution in [3.05, 3.63) is 69.9 Å². The lowest BCUT2D eigenvalue weighted by Crippen LogP contribution is -2.32. The minimum Gasteiger partial charge on any atom is -0.477 e. The molecule has 3 atom stereocenters. The van der Waals surface area contributed by atoms with Crippen molar-refractivity contribution in [2.75, 3.05) is 6.54 Å². The Hall–Kier alpha value is -2.88. The lowest BCUT2D eigenvalue weighted by Gasteiger charge is -2.21. The Morgan fingerprint density at radius 3 is 2.78 bits per heavy atom. The Labute approximate surface area is 193 Å². The molecule has 1 aromatic heterocycles. The number of carboxylic acid groups (broad SMARTS) is 1. The van der Waals surface area contributed by atoms with Gasteiger partial charge in [0.15, 0.2) is 0 Å². The molecule has 32 heavy (non-hydrogen) atoms. The highest BCUT2D eigenvalue weighted by Gasteiger charge is 2.28. The maximum absolute atomic E-state index is 12.3. The smallest absolute Gasteiger partial charge is 0.345 e. The van der Waals surface area contributed by atoms with Crippen molar-refractivity contribution in [1.82, 2.24) is 4.90 Å². The van der Waals surface area contributed by atoms with Crippen molar-refractivity contribution < 1.29 is 19.8 Å². The third-order valence-electron chi connectivity index (χ3n) is 5.73. The standard InChI is InChI=1S/C26H29NO4S/c1-19(7-5-10-20-8-3-2-4-9-20)23(28)15-12-21-13-17-25(29)27(21)18-6-11-22-14-16-24(32-22)26(30)31/h2-4,8-9,12,14-16,19,21,23,28H,5,7,10,13,17-18H2,1H3,(H,30,31)/b15-12+/t19?,21-,23-/m0/s1. The summed E-state index contributed by atoms with van der Waals surface area (Å²) in [6.45, 7) is 2.34. The Morgan fingerprint density at radius 1 is 1.28 bits per heavy atom. The predicted octanol–water partition coefficient (Wildman–Crippen LogP) is 4.36. The number of rotatable bonds is 9. The van der Waals surface area contributed by atoms with Gasteiger partial charge < -0.3 is 15.1 Å². The van der Waals surface area contributed by atoms with Crippen molar-refractivity contribution in [2.45, 2.75) is 51.2 Å². The number of likely N-dealkylation sites (tertiary alicyclic amines) is 1. The van der Waals surface area contributed by atoms with Gasteiger partial charge in [-0.25, -0.2) is 4.79 Å². The van der Waals surface area contributed by atoms with Crippen molar-refractivity contribution in [2.24, 2.45) is 5.92 Å². The lowest BCUT2D eigenvalue weighted by molar-refractivity contribution is -0.127. The molecular weight excluding hydrogens is 422 g/mol. The van der Waals surface area contributed by atoms with Crippen LogP contribution in [-0.4, -0.2) is 45.7 Å². The van der Waals surface area contributed by atoms with Gasteiger partial charge in [0.05, 0.1) is 23.6 Å². The van der Waals surface area contributed by atoms with E-state index in [-0.39, 0.29) is 29.3 Å². The predicted molar refractivity (Wildman–Crippen MR) is 127 cm³/mol. The number of carbonyl (C=O) groups excluding carboxylic acids is 1. The fourth-order valence-corrected chi connectivity index (χ4v) is 4.49. The minimum absolute atomic E-state index is 0.0525. The number of hydrogen-bond donors (Lipinski definition) is 2. The van der Waals surface area contributed by atoms with Gasteiger partial charge in [-0.2, -0.15) is 0 Å². The number of aryl methyl sites for hydroxylation is 1. The Balaban J connectivity index is 1.49. The summed E-state index contributed by atoms with van der Waals surface area (Å²) in [6, 6.07) is 13.5. The summed E-state index contributed by atoms with van der Waals surface area (Å²) < 4.78 is 0. The summed E-state index contributed by atoms with van der Waals surface area (Å²) >= 11 is 1.12. The Morgan fingerprint density at radius 2 is 2.06 bits per heavy atom. The second-order valence-corrected chi connectivity index (χ2v) is 9.21. The summed E-state index contributed by atoms with van der Waals surface area (Å²) in [5.41, 5.74) is 1.31. The van der Waals surface area contributed by atoms with E-state index in [1.807, 2.05) is 30.4 Å². The molecule has 3 rings (SSSR count). The number of aliphatic hydroxyl groups is 1. The molecule has 1 aliphatic heterocycles. The Bertz CT molecular complexity index is 1000. The number of benzene rings is 1. The lowest BCUT2D eigenvalue weighted by atomic mass is 9.95. The highest BCUT2D eigenvalue weighted by Crippen LogP contribution is 2.21. The Kier molecular flexibility index (Phi) is 8.66. The van der Waals surface area contributed by atoms with Crippen LogP contribution in [0.5, 0.6) is 0 Å². The molecule has 2 N–H and O–H groups in total. The minimum atomic E-state index is -0.962. The summed E-state index contributed by atoms with van der Waals surface area (Å²) in [5.74, 6) is 5.16. The van der Waals surface area contributed by atoms with E-state index in [1.54, 1.807) is 11.0 Å². The second-order valence-electron chi connectivity index (χ2n) is 8.13. The summed E-state index contributed by atoms with van der Waals surface area (Å²) in [7, 11) is 0. The maximum atomic E-state index is 12.3. The number of amides is 1. The number of aromatic carboxylic acids is 1. The van der Waals surface area contributed by atoms with E-state index >= 15 is 0 Å². The number of carbonyl (C=O) groups is 2. The zero-order chi connectivity index (χ0) is 22.9. The van der Waals surface area contributed by atoms with Crippen molar-refractivity contribution >= 4 is 23.2 Å². The van der Waals surface area contributed by atoms with Crippen molar-refractivity contribution in [3.63, 3.8) is 0 Å². The van der Waals surface area contributed by atoms with Gasteiger partial charge in [-0.05, 0) is 49.3 Å². The van der Waals surface area contributed by atoms with Crippen LogP contribution in [0, 0.1) is 17.8 Å². The molecule has 1 saturated heterocycles. The molecular formula is C26H29NO4S. The van der Waals surface area contributed by atoms with E-state index in [0.29, 0.717) is 17.7 Å². The van der Waals surface area contributed by atoms with Gasteiger partial charge in [0.2, 0.25) is 5.91 Å². The molecule has 1 fully saturated rings. The maximum Gasteiger partial charge on any atom is 0.345 e.